The summed E-state index contributed by atoms with van der Waals surface area (Å²) in [5.74, 6) is 0.793. The molecule has 126 valence electrons. The maximum absolute atomic E-state index is 6.04. The number of hydrogen-bond donors (Lipinski definition) is 0. The van der Waals surface area contributed by atoms with Gasteiger partial charge in [-0.25, -0.2) is 9.97 Å². The average Bonchev–Trinajstić information content (AvgIpc) is 2.76. The van der Waals surface area contributed by atoms with Crippen LogP contribution in [0.3, 0.4) is 0 Å². The van der Waals surface area contributed by atoms with E-state index >= 15 is 0 Å². The molecule has 0 bridgehead atoms. The Balaban J connectivity index is 1.67. The van der Waals surface area contributed by atoms with E-state index in [-0.39, 0.29) is 11.2 Å². The van der Waals surface area contributed by atoms with Crippen LogP contribution >= 0.6 is 0 Å². The van der Waals surface area contributed by atoms with E-state index in [0.717, 1.165) is 44.1 Å². The first-order valence-corrected chi connectivity index (χ1v) is 8.47. The third-order valence-electron chi connectivity index (χ3n) is 5.29. The molecule has 0 aliphatic carbocycles. The molecule has 0 N–H and O–H groups in total. The van der Waals surface area contributed by atoms with E-state index in [1.807, 2.05) is 12.4 Å². The Bertz CT molecular complexity index is 526. The molecule has 0 aromatic carbocycles. The van der Waals surface area contributed by atoms with Crippen LogP contribution in [0.15, 0.2) is 12.4 Å². The van der Waals surface area contributed by atoms with Crippen LogP contribution in [0, 0.1) is 0 Å². The average molecular weight is 318 g/mol. The predicted molar refractivity (Wildman–Crippen MR) is 92.1 cm³/mol. The van der Waals surface area contributed by atoms with Crippen LogP contribution in [-0.4, -0.2) is 65.9 Å². The molecule has 2 aliphatic heterocycles. The van der Waals surface area contributed by atoms with Gasteiger partial charge in [-0.05, 0) is 34.2 Å². The van der Waals surface area contributed by atoms with Gasteiger partial charge in [0, 0.05) is 44.0 Å². The molecule has 2 fully saturated rings. The molecule has 0 saturated carbocycles. The van der Waals surface area contributed by atoms with E-state index in [1.165, 1.54) is 0 Å². The van der Waals surface area contributed by atoms with Crippen LogP contribution in [-0.2, 0) is 9.31 Å². The molecule has 0 unspecified atom stereocenters. The molecule has 2 saturated heterocycles. The van der Waals surface area contributed by atoms with Gasteiger partial charge in [0.25, 0.3) is 0 Å². The highest BCUT2D eigenvalue weighted by Crippen LogP contribution is 2.36. The number of aromatic nitrogens is 2. The number of hydrogen-bond acceptors (Lipinski definition) is 6. The van der Waals surface area contributed by atoms with Gasteiger partial charge in [0.1, 0.15) is 0 Å². The van der Waals surface area contributed by atoms with Crippen LogP contribution in [0.1, 0.15) is 34.6 Å². The quantitative estimate of drug-likeness (QED) is 0.773. The zero-order valence-corrected chi connectivity index (χ0v) is 14.9. The fourth-order valence-corrected chi connectivity index (χ4v) is 2.86. The Hall–Kier alpha value is -1.18. The molecule has 1 aromatic rings. The van der Waals surface area contributed by atoms with E-state index in [0.29, 0.717) is 0 Å². The van der Waals surface area contributed by atoms with Gasteiger partial charge in [0.2, 0.25) is 5.95 Å². The van der Waals surface area contributed by atoms with Crippen molar-refractivity contribution in [1.29, 1.82) is 0 Å². The van der Waals surface area contributed by atoms with Gasteiger partial charge < -0.3 is 19.1 Å². The lowest BCUT2D eigenvalue weighted by molar-refractivity contribution is 0.00578. The maximum atomic E-state index is 6.04. The predicted octanol–water partition coefficient (Wildman–Crippen LogP) is 0.918. The Labute approximate surface area is 139 Å². The summed E-state index contributed by atoms with van der Waals surface area (Å²) in [6, 6.07) is 0. The second-order valence-electron chi connectivity index (χ2n) is 7.33. The SMILES string of the molecule is CCN1CCN(c2ncc(B3OC(C)(C)C(C)(C)O3)cn2)CC1. The van der Waals surface area contributed by atoms with Crippen molar-refractivity contribution >= 4 is 18.5 Å². The Morgan fingerprint density at radius 1 is 1.00 bits per heavy atom. The summed E-state index contributed by atoms with van der Waals surface area (Å²) in [5, 5.41) is 0. The van der Waals surface area contributed by atoms with Gasteiger partial charge in [-0.15, -0.1) is 0 Å². The maximum Gasteiger partial charge on any atom is 0.498 e. The van der Waals surface area contributed by atoms with Crippen LogP contribution in [0.2, 0.25) is 0 Å². The van der Waals surface area contributed by atoms with E-state index in [2.05, 4.69) is 54.4 Å². The van der Waals surface area contributed by atoms with E-state index in [1.54, 1.807) is 0 Å². The summed E-state index contributed by atoms with van der Waals surface area (Å²) in [6.45, 7) is 15.6. The molecule has 0 spiro atoms. The number of anilines is 1. The molecule has 0 radical (unpaired) electrons. The van der Waals surface area contributed by atoms with Crippen molar-refractivity contribution in [2.24, 2.45) is 0 Å². The van der Waals surface area contributed by atoms with E-state index in [4.69, 9.17) is 9.31 Å². The Morgan fingerprint density at radius 2 is 1.52 bits per heavy atom. The molecule has 2 aliphatic rings. The molecule has 23 heavy (non-hydrogen) atoms. The zero-order valence-electron chi connectivity index (χ0n) is 14.9. The van der Waals surface area contributed by atoms with Gasteiger partial charge in [-0.1, -0.05) is 6.92 Å². The van der Waals surface area contributed by atoms with E-state index in [9.17, 15) is 0 Å². The van der Waals surface area contributed by atoms with Gasteiger partial charge in [-0.2, -0.15) is 0 Å². The monoisotopic (exact) mass is 318 g/mol. The first-order valence-electron chi connectivity index (χ1n) is 8.47. The standard InChI is InChI=1S/C16H27BN4O2/c1-6-20-7-9-21(10-8-20)14-18-11-13(12-19-14)17-22-15(2,3)16(4,5)23-17/h11-12H,6-10H2,1-5H3. The first kappa shape index (κ1) is 16.7. The van der Waals surface area contributed by atoms with Crippen molar-refractivity contribution in [3.8, 4) is 0 Å². The second-order valence-corrected chi connectivity index (χ2v) is 7.33. The normalized spacial score (nSPS) is 24.2. The topological polar surface area (TPSA) is 50.7 Å². The molecule has 0 atom stereocenters. The third kappa shape index (κ3) is 3.23. The largest absolute Gasteiger partial charge is 0.498 e. The van der Waals surface area contributed by atoms with Crippen LogP contribution in [0.25, 0.3) is 0 Å². The summed E-state index contributed by atoms with van der Waals surface area (Å²) in [6.07, 6.45) is 3.66. The van der Waals surface area contributed by atoms with E-state index < -0.39 is 7.12 Å². The number of likely N-dealkylation sites (N-methyl/N-ethyl adjacent to an activating group) is 1. The minimum Gasteiger partial charge on any atom is -0.399 e. The van der Waals surface area contributed by atoms with Crippen molar-refractivity contribution in [1.82, 2.24) is 14.9 Å². The summed E-state index contributed by atoms with van der Waals surface area (Å²) in [4.78, 5) is 13.7. The lowest BCUT2D eigenvalue weighted by Crippen LogP contribution is -2.47. The smallest absolute Gasteiger partial charge is 0.399 e. The second kappa shape index (κ2) is 6.04. The highest BCUT2D eigenvalue weighted by Gasteiger charge is 2.51. The van der Waals surface area contributed by atoms with Crippen LogP contribution in [0.5, 0.6) is 0 Å². The molecule has 3 rings (SSSR count). The fraction of sp³-hybridized carbons (Fsp3) is 0.750. The number of nitrogens with zero attached hydrogens (tertiary/aromatic N) is 4. The minimum absolute atomic E-state index is 0.340. The molecule has 6 nitrogen and oxygen atoms in total. The van der Waals surface area contributed by atoms with Crippen molar-refractivity contribution in [3.05, 3.63) is 12.4 Å². The number of rotatable bonds is 3. The first-order chi connectivity index (χ1) is 10.8. The summed E-state index contributed by atoms with van der Waals surface area (Å²) >= 11 is 0. The highest BCUT2D eigenvalue weighted by atomic mass is 16.7. The minimum atomic E-state index is -0.397. The summed E-state index contributed by atoms with van der Waals surface area (Å²) < 4.78 is 12.1. The Kier molecular flexibility index (Phi) is 4.38. The molecule has 1 aromatic heterocycles. The van der Waals surface area contributed by atoms with Gasteiger partial charge in [-0.3, -0.25) is 0 Å². The third-order valence-corrected chi connectivity index (χ3v) is 5.29. The van der Waals surface area contributed by atoms with Gasteiger partial charge in [0.05, 0.1) is 11.2 Å². The van der Waals surface area contributed by atoms with Crippen molar-refractivity contribution in [3.63, 3.8) is 0 Å². The molecule has 3 heterocycles. The van der Waals surface area contributed by atoms with Gasteiger partial charge >= 0.3 is 7.12 Å². The molecular formula is C16H27BN4O2. The summed E-state index contributed by atoms with van der Waals surface area (Å²) in [7, 11) is -0.397. The van der Waals surface area contributed by atoms with Gasteiger partial charge in [0.15, 0.2) is 0 Å². The summed E-state index contributed by atoms with van der Waals surface area (Å²) in [5.41, 5.74) is 0.194. The van der Waals surface area contributed by atoms with Crippen LogP contribution in [0.4, 0.5) is 5.95 Å². The van der Waals surface area contributed by atoms with Crippen molar-refractivity contribution in [2.75, 3.05) is 37.6 Å². The molecule has 7 heteroatoms. The molecular weight excluding hydrogens is 291 g/mol. The highest BCUT2D eigenvalue weighted by molar-refractivity contribution is 6.61. The fourth-order valence-electron chi connectivity index (χ4n) is 2.86. The number of piperazine rings is 1. The lowest BCUT2D eigenvalue weighted by atomic mass is 9.81. The van der Waals surface area contributed by atoms with Crippen molar-refractivity contribution < 1.29 is 9.31 Å². The molecule has 0 amide bonds. The van der Waals surface area contributed by atoms with Crippen molar-refractivity contribution in [2.45, 2.75) is 45.8 Å². The Morgan fingerprint density at radius 3 is 2.00 bits per heavy atom. The van der Waals surface area contributed by atoms with Crippen LogP contribution < -0.4 is 10.4 Å². The lowest BCUT2D eigenvalue weighted by Gasteiger charge is -2.33. The zero-order chi connectivity index (χ0) is 16.7.